The number of nitrogens with two attached hydrogens (primary N) is 3. The fraction of sp³-hybridized carbons (Fsp3) is 0.278. The SMILES string of the molecule is C=CC(=O)N1CCC2(CC(n3cc(C(N)=O)c(-c4ccc(Oc5ccccc5)cc4)n3)C2)C1.CC#CC(=O)N1CCC2(CC(n3cc(C(N)=O)c(-c4ccc(Oc5ccccc5)cc4)n3)C2)C1.CNC(=O)/C=C/CN1CCC[C@@H](n2cc(C(N)=O)c(-c3ccc(Oc4ccccc4)cc3)n2)C1. The zero-order valence-electron chi connectivity index (χ0n) is 56.5. The summed E-state index contributed by atoms with van der Waals surface area (Å²) in [4.78, 5) is 77.9. The summed E-state index contributed by atoms with van der Waals surface area (Å²) in [6, 6.07) is 51.6. The van der Waals surface area contributed by atoms with Crippen LogP contribution in [-0.4, -0.2) is 132 Å². The van der Waals surface area contributed by atoms with E-state index in [4.69, 9.17) is 46.7 Å². The van der Waals surface area contributed by atoms with Crippen molar-refractivity contribution in [2.45, 2.75) is 76.4 Å². The van der Waals surface area contributed by atoms with Gasteiger partial charge in [-0.3, -0.25) is 47.7 Å². The van der Waals surface area contributed by atoms with Crippen LogP contribution in [0.2, 0.25) is 0 Å². The number of carbonyl (C=O) groups is 6. The normalized spacial score (nSPS) is 19.6. The Bertz CT molecular complexity index is 4550. The van der Waals surface area contributed by atoms with E-state index in [-0.39, 0.29) is 46.7 Å². The molecule has 3 saturated heterocycles. The Hall–Kier alpha value is -11.8. The smallest absolute Gasteiger partial charge is 0.298 e. The van der Waals surface area contributed by atoms with Crippen LogP contribution in [-0.2, 0) is 14.4 Å². The first kappa shape index (κ1) is 69.1. The highest BCUT2D eigenvalue weighted by atomic mass is 16.5. The highest BCUT2D eigenvalue weighted by molar-refractivity contribution is 6.00. The first-order valence-corrected chi connectivity index (χ1v) is 33.9. The third kappa shape index (κ3) is 16.5. The number of amides is 6. The van der Waals surface area contributed by atoms with Gasteiger partial charge in [0.25, 0.3) is 23.6 Å². The molecule has 6 amide bonds. The van der Waals surface area contributed by atoms with Gasteiger partial charge in [-0.05, 0) is 197 Å². The van der Waals surface area contributed by atoms with Crippen LogP contribution in [0.5, 0.6) is 34.5 Å². The number of likely N-dealkylation sites (tertiary alicyclic amines) is 3. The molecule has 101 heavy (non-hydrogen) atoms. The van der Waals surface area contributed by atoms with Crippen molar-refractivity contribution in [1.82, 2.24) is 49.4 Å². The fourth-order valence-corrected chi connectivity index (χ4v) is 14.1. The molecular weight excluding hydrogens is 1270 g/mol. The van der Waals surface area contributed by atoms with Crippen molar-refractivity contribution in [2.24, 2.45) is 28.0 Å². The molecular formula is C79H81N13O9. The Morgan fingerprint density at radius 3 is 1.29 bits per heavy atom. The van der Waals surface area contributed by atoms with E-state index in [2.05, 4.69) is 28.6 Å². The first-order chi connectivity index (χ1) is 48.9. The van der Waals surface area contributed by atoms with Crippen molar-refractivity contribution in [1.29, 1.82) is 0 Å². The Morgan fingerprint density at radius 2 is 0.911 bits per heavy atom. The third-order valence-corrected chi connectivity index (χ3v) is 19.4. The monoisotopic (exact) mass is 1360 g/mol. The third-order valence-electron chi connectivity index (χ3n) is 19.4. The molecule has 5 fully saturated rings. The second-order valence-corrected chi connectivity index (χ2v) is 26.3. The highest BCUT2D eigenvalue weighted by Gasteiger charge is 2.51. The molecule has 14 rings (SSSR count). The summed E-state index contributed by atoms with van der Waals surface area (Å²) >= 11 is 0. The van der Waals surface area contributed by atoms with Gasteiger partial charge in [0.1, 0.15) is 51.6 Å². The number of likely N-dealkylation sites (N-methyl/N-ethyl adjacent to an activating group) is 1. The summed E-state index contributed by atoms with van der Waals surface area (Å²) in [5, 5.41) is 16.8. The van der Waals surface area contributed by atoms with E-state index in [9.17, 15) is 28.8 Å². The summed E-state index contributed by atoms with van der Waals surface area (Å²) in [5.41, 5.74) is 22.6. The minimum absolute atomic E-state index is 0.00703. The van der Waals surface area contributed by atoms with Crippen molar-refractivity contribution in [3.05, 3.63) is 224 Å². The van der Waals surface area contributed by atoms with Crippen molar-refractivity contribution in [3.8, 4) is 80.1 Å². The maximum Gasteiger partial charge on any atom is 0.298 e. The Labute approximate surface area is 586 Å². The Balaban J connectivity index is 0.000000143. The fourth-order valence-electron chi connectivity index (χ4n) is 14.1. The van der Waals surface area contributed by atoms with Crippen LogP contribution >= 0.6 is 0 Å². The quantitative estimate of drug-likeness (QED) is 0.0433. The number of ether oxygens (including phenoxy) is 3. The molecule has 22 nitrogen and oxygen atoms in total. The van der Waals surface area contributed by atoms with Gasteiger partial charge in [0, 0.05) is 87.7 Å². The minimum Gasteiger partial charge on any atom is -0.457 e. The first-order valence-electron chi connectivity index (χ1n) is 33.9. The molecule has 7 N–H and O–H groups in total. The number of carbonyl (C=O) groups excluding carboxylic acids is 6. The van der Waals surface area contributed by atoms with Gasteiger partial charge in [0.2, 0.25) is 11.8 Å². The molecule has 3 aliphatic heterocycles. The average Bonchev–Trinajstić information content (AvgIpc) is 1.63. The van der Waals surface area contributed by atoms with Crippen LogP contribution in [0.25, 0.3) is 33.8 Å². The lowest BCUT2D eigenvalue weighted by Gasteiger charge is -2.45. The zero-order valence-corrected chi connectivity index (χ0v) is 56.5. The van der Waals surface area contributed by atoms with E-state index in [1.165, 1.54) is 6.08 Å². The van der Waals surface area contributed by atoms with Gasteiger partial charge in [-0.25, -0.2) is 0 Å². The van der Waals surface area contributed by atoms with Gasteiger partial charge in [0.05, 0.1) is 34.8 Å². The van der Waals surface area contributed by atoms with Crippen molar-refractivity contribution in [3.63, 3.8) is 0 Å². The van der Waals surface area contributed by atoms with Crippen molar-refractivity contribution < 1.29 is 43.0 Å². The average molecular weight is 1360 g/mol. The molecule has 1 atom stereocenters. The van der Waals surface area contributed by atoms with Gasteiger partial charge in [-0.2, -0.15) is 15.3 Å². The Morgan fingerprint density at radius 1 is 0.535 bits per heavy atom. The topological polar surface area (TPSA) is 283 Å². The van der Waals surface area contributed by atoms with Crippen molar-refractivity contribution in [2.75, 3.05) is 52.9 Å². The summed E-state index contributed by atoms with van der Waals surface area (Å²) in [7, 11) is 1.61. The lowest BCUT2D eigenvalue weighted by atomic mass is 9.65. The van der Waals surface area contributed by atoms with E-state index < -0.39 is 17.7 Å². The van der Waals surface area contributed by atoms with Gasteiger partial charge in [-0.1, -0.05) is 73.2 Å². The van der Waals surface area contributed by atoms with E-state index in [1.54, 1.807) is 38.6 Å². The molecule has 516 valence electrons. The second-order valence-electron chi connectivity index (χ2n) is 26.3. The van der Waals surface area contributed by atoms with Crippen LogP contribution in [0.4, 0.5) is 0 Å². The molecule has 9 aromatic rings. The number of benzene rings is 6. The molecule has 5 aliphatic rings. The molecule has 3 aromatic heterocycles. The number of nitrogens with one attached hydrogen (secondary N) is 1. The zero-order chi connectivity index (χ0) is 70.6. The second kappa shape index (κ2) is 30.9. The van der Waals surface area contributed by atoms with Crippen LogP contribution in [0.3, 0.4) is 0 Å². The highest BCUT2D eigenvalue weighted by Crippen LogP contribution is 2.55. The molecule has 0 bridgehead atoms. The van der Waals surface area contributed by atoms with Crippen LogP contribution in [0.15, 0.2) is 207 Å². The van der Waals surface area contributed by atoms with E-state index in [0.717, 1.165) is 125 Å². The van der Waals surface area contributed by atoms with Crippen molar-refractivity contribution >= 4 is 35.4 Å². The Kier molecular flexibility index (Phi) is 21.2. The lowest BCUT2D eigenvalue weighted by molar-refractivity contribution is -0.126. The number of primary amides is 3. The van der Waals surface area contributed by atoms with Crippen LogP contribution in [0.1, 0.15) is 107 Å². The number of hydrogen-bond donors (Lipinski definition) is 4. The van der Waals surface area contributed by atoms with Crippen LogP contribution in [0, 0.1) is 22.7 Å². The molecule has 0 radical (unpaired) electrons. The van der Waals surface area contributed by atoms with Gasteiger partial charge < -0.3 is 46.5 Å². The van der Waals surface area contributed by atoms with Crippen LogP contribution < -0.4 is 36.7 Å². The maximum absolute atomic E-state index is 12.2. The number of nitrogens with zero attached hydrogens (tertiary/aromatic N) is 9. The number of piperidine rings is 1. The van der Waals surface area contributed by atoms with Gasteiger partial charge in [-0.15, -0.1) is 0 Å². The molecule has 2 aliphatic carbocycles. The van der Waals surface area contributed by atoms with Gasteiger partial charge in [0.15, 0.2) is 0 Å². The maximum atomic E-state index is 12.2. The molecule has 2 spiro atoms. The molecule has 0 unspecified atom stereocenters. The number of aromatic nitrogens is 6. The van der Waals surface area contributed by atoms with E-state index in [0.29, 0.717) is 57.6 Å². The van der Waals surface area contributed by atoms with E-state index >= 15 is 0 Å². The molecule has 6 aromatic carbocycles. The standard InChI is InChI=1S/C27H26N4O3.C26H29N5O3.C26H26N4O3/c1-2-6-24(32)30-14-13-27(18-30)15-20(16-27)31-17-23(26(28)33)25(29-31)19-9-11-22(12-10-19)34-21-7-4-3-5-8-21;1-28-24(32)10-6-16-30-15-5-7-20(17-30)31-18-23(26(27)33)25(29-31)19-11-13-22(14-12-19)34-21-8-3-2-4-9-21;1-2-23(31)29-13-12-26(17-29)14-19(15-26)30-16-22(25(27)32)24(28-30)18-8-10-21(11-9-18)33-20-6-4-3-5-7-20/h3-5,7-12,17,20H,13-16,18H2,1H3,(H2,28,33);2-4,6,8-14,18,20H,5,7,15-17H2,1H3,(H2,27,33)(H,28,32);2-11,16,19H,1,12-15,17H2,(H2,27,32)/b;10-6+;/t;20-;/m.1./s1. The lowest BCUT2D eigenvalue weighted by Crippen LogP contribution is -2.41. The molecule has 6 heterocycles. The summed E-state index contributed by atoms with van der Waals surface area (Å²) in [6.07, 6.45) is 17.7. The number of rotatable bonds is 19. The van der Waals surface area contributed by atoms with Gasteiger partial charge >= 0.3 is 0 Å². The largest absolute Gasteiger partial charge is 0.457 e. The predicted octanol–water partition coefficient (Wildman–Crippen LogP) is 11.6. The predicted molar refractivity (Wildman–Crippen MR) is 383 cm³/mol. The summed E-state index contributed by atoms with van der Waals surface area (Å²) in [5.74, 6) is 7.95. The summed E-state index contributed by atoms with van der Waals surface area (Å²) < 4.78 is 23.2. The number of hydrogen-bond acceptors (Lipinski definition) is 13. The molecule has 22 heteroatoms. The number of para-hydroxylation sites is 3. The molecule has 2 saturated carbocycles. The van der Waals surface area contributed by atoms with E-state index in [1.807, 2.05) is 194 Å². The summed E-state index contributed by atoms with van der Waals surface area (Å²) in [6.45, 7) is 10.7. The minimum atomic E-state index is -0.507.